The summed E-state index contributed by atoms with van der Waals surface area (Å²) in [5, 5.41) is 4.72. The monoisotopic (exact) mass is 280 g/mol. The lowest BCUT2D eigenvalue weighted by Crippen LogP contribution is -2.23. The molecule has 0 bridgehead atoms. The number of hydrogen-bond donors (Lipinski definition) is 2. The minimum Gasteiger partial charge on any atom is -0.385 e. The van der Waals surface area contributed by atoms with Crippen LogP contribution in [0.2, 0.25) is 0 Å². The Labute approximate surface area is 118 Å². The lowest BCUT2D eigenvalue weighted by molar-refractivity contribution is 0.0953. The van der Waals surface area contributed by atoms with Crippen molar-refractivity contribution in [1.29, 1.82) is 0 Å². The van der Waals surface area contributed by atoms with Crippen LogP contribution in [0.3, 0.4) is 0 Å². The topological polar surface area (TPSA) is 64.3 Å². The van der Waals surface area contributed by atoms with Crippen molar-refractivity contribution in [1.82, 2.24) is 5.32 Å². The molecule has 1 rings (SSSR count). The van der Waals surface area contributed by atoms with Gasteiger partial charge in [-0.2, -0.15) is 0 Å². The van der Waals surface area contributed by atoms with Crippen LogP contribution >= 0.6 is 11.3 Å². The zero-order chi connectivity index (χ0) is 13.9. The van der Waals surface area contributed by atoms with Crippen LogP contribution in [0, 0.1) is 11.8 Å². The van der Waals surface area contributed by atoms with E-state index >= 15 is 0 Å². The maximum atomic E-state index is 11.8. The van der Waals surface area contributed by atoms with Gasteiger partial charge in [0.2, 0.25) is 0 Å². The van der Waals surface area contributed by atoms with Crippen molar-refractivity contribution < 1.29 is 9.53 Å². The Balaban J connectivity index is 2.27. The van der Waals surface area contributed by atoms with Crippen molar-refractivity contribution in [3.63, 3.8) is 0 Å². The highest BCUT2D eigenvalue weighted by Crippen LogP contribution is 2.13. The zero-order valence-corrected chi connectivity index (χ0v) is 12.0. The SMILES string of the molecule is COCCCCCNC(=O)c1csc(C#CCN)c1. The molecule has 1 heterocycles. The normalized spacial score (nSPS) is 9.79. The number of carbonyl (C=O) groups is 1. The Morgan fingerprint density at radius 3 is 3.05 bits per heavy atom. The molecule has 1 aromatic heterocycles. The molecule has 1 amide bonds. The molecule has 0 spiro atoms. The zero-order valence-electron chi connectivity index (χ0n) is 11.2. The first-order chi connectivity index (χ1) is 9.27. The summed E-state index contributed by atoms with van der Waals surface area (Å²) in [5.41, 5.74) is 5.97. The first-order valence-corrected chi connectivity index (χ1v) is 7.20. The highest BCUT2D eigenvalue weighted by molar-refractivity contribution is 7.10. The standard InChI is InChI=1S/C14H20N2O2S/c1-18-9-4-2-3-8-16-14(17)12-10-13(19-11-12)6-5-7-15/h10-11H,2-4,7-9,15H2,1H3,(H,16,17). The molecule has 5 heteroatoms. The Kier molecular flexibility index (Phi) is 7.91. The second-order valence-corrected chi connectivity index (χ2v) is 4.93. The Bertz CT molecular complexity index is 446. The van der Waals surface area contributed by atoms with Gasteiger partial charge < -0.3 is 15.8 Å². The fraction of sp³-hybridized carbons (Fsp3) is 0.500. The van der Waals surface area contributed by atoms with Crippen LogP contribution in [0.15, 0.2) is 11.4 Å². The molecule has 0 atom stereocenters. The van der Waals surface area contributed by atoms with Crippen molar-refractivity contribution in [2.45, 2.75) is 19.3 Å². The van der Waals surface area contributed by atoms with E-state index in [9.17, 15) is 4.79 Å². The van der Waals surface area contributed by atoms with Gasteiger partial charge in [0.15, 0.2) is 0 Å². The maximum absolute atomic E-state index is 11.8. The number of hydrogen-bond acceptors (Lipinski definition) is 4. The fourth-order valence-corrected chi connectivity index (χ4v) is 2.27. The highest BCUT2D eigenvalue weighted by atomic mass is 32.1. The van der Waals surface area contributed by atoms with Crippen molar-refractivity contribution in [2.75, 3.05) is 26.8 Å². The number of ether oxygens (including phenoxy) is 1. The van der Waals surface area contributed by atoms with E-state index in [0.29, 0.717) is 18.7 Å². The average Bonchev–Trinajstić information content (AvgIpc) is 2.89. The molecular weight excluding hydrogens is 260 g/mol. The lowest BCUT2D eigenvalue weighted by Gasteiger charge is -2.03. The number of carbonyl (C=O) groups excluding carboxylic acids is 1. The van der Waals surface area contributed by atoms with Gasteiger partial charge >= 0.3 is 0 Å². The van der Waals surface area contributed by atoms with Gasteiger partial charge in [-0.15, -0.1) is 11.3 Å². The quantitative estimate of drug-likeness (QED) is 0.589. The molecule has 104 valence electrons. The number of nitrogens with one attached hydrogen (secondary N) is 1. The first kappa shape index (κ1) is 15.7. The van der Waals surface area contributed by atoms with Crippen LogP contribution in [0.25, 0.3) is 0 Å². The van der Waals surface area contributed by atoms with Gasteiger partial charge in [0.05, 0.1) is 17.0 Å². The number of unbranched alkanes of at least 4 members (excludes halogenated alkanes) is 2. The van der Waals surface area contributed by atoms with Crippen molar-refractivity contribution >= 4 is 17.2 Å². The molecule has 0 saturated carbocycles. The Hall–Kier alpha value is -1.35. The first-order valence-electron chi connectivity index (χ1n) is 6.32. The van der Waals surface area contributed by atoms with E-state index in [1.807, 2.05) is 5.38 Å². The molecule has 0 aliphatic carbocycles. The number of rotatable bonds is 7. The third kappa shape index (κ3) is 6.39. The average molecular weight is 280 g/mol. The van der Waals surface area contributed by atoms with Gasteiger partial charge in [-0.25, -0.2) is 0 Å². The molecule has 0 saturated heterocycles. The summed E-state index contributed by atoms with van der Waals surface area (Å²) in [7, 11) is 1.70. The summed E-state index contributed by atoms with van der Waals surface area (Å²) < 4.78 is 4.97. The number of thiophene rings is 1. The molecule has 1 aromatic rings. The van der Waals surface area contributed by atoms with Crippen LogP contribution in [0.5, 0.6) is 0 Å². The summed E-state index contributed by atoms with van der Waals surface area (Å²) in [5.74, 6) is 5.65. The van der Waals surface area contributed by atoms with Crippen LogP contribution in [-0.4, -0.2) is 32.7 Å². The molecule has 0 aliphatic rings. The van der Waals surface area contributed by atoms with Crippen molar-refractivity contribution in [3.05, 3.63) is 21.9 Å². The minimum atomic E-state index is -0.0382. The lowest BCUT2D eigenvalue weighted by atomic mass is 10.2. The van der Waals surface area contributed by atoms with Crippen LogP contribution in [0.1, 0.15) is 34.5 Å². The molecule has 4 nitrogen and oxygen atoms in total. The third-order valence-electron chi connectivity index (χ3n) is 2.49. The van der Waals surface area contributed by atoms with E-state index in [4.69, 9.17) is 10.5 Å². The highest BCUT2D eigenvalue weighted by Gasteiger charge is 2.06. The van der Waals surface area contributed by atoms with E-state index in [-0.39, 0.29) is 5.91 Å². The van der Waals surface area contributed by atoms with Gasteiger partial charge in [-0.3, -0.25) is 4.79 Å². The van der Waals surface area contributed by atoms with E-state index in [1.165, 1.54) is 11.3 Å². The van der Waals surface area contributed by atoms with E-state index in [2.05, 4.69) is 17.2 Å². The summed E-state index contributed by atoms with van der Waals surface area (Å²) in [6, 6.07) is 1.80. The summed E-state index contributed by atoms with van der Waals surface area (Å²) in [6.07, 6.45) is 3.06. The number of methoxy groups -OCH3 is 1. The van der Waals surface area contributed by atoms with Crippen LogP contribution in [0.4, 0.5) is 0 Å². The second kappa shape index (κ2) is 9.56. The van der Waals surface area contributed by atoms with Crippen LogP contribution < -0.4 is 11.1 Å². The molecule has 0 radical (unpaired) electrons. The minimum absolute atomic E-state index is 0.0382. The van der Waals surface area contributed by atoms with Crippen molar-refractivity contribution in [2.24, 2.45) is 5.73 Å². The fourth-order valence-electron chi connectivity index (χ4n) is 1.51. The molecule has 0 unspecified atom stereocenters. The largest absolute Gasteiger partial charge is 0.385 e. The van der Waals surface area contributed by atoms with Crippen molar-refractivity contribution in [3.8, 4) is 11.8 Å². The predicted octanol–water partition coefficient (Wildman–Crippen LogP) is 1.60. The number of amides is 1. The third-order valence-corrected chi connectivity index (χ3v) is 3.33. The molecule has 0 aliphatic heterocycles. The molecular formula is C14H20N2O2S. The van der Waals surface area contributed by atoms with Gasteiger partial charge in [0.25, 0.3) is 5.91 Å². The van der Waals surface area contributed by atoms with E-state index in [1.54, 1.807) is 13.2 Å². The summed E-state index contributed by atoms with van der Waals surface area (Å²) in [4.78, 5) is 12.7. The Morgan fingerprint density at radius 2 is 2.32 bits per heavy atom. The van der Waals surface area contributed by atoms with E-state index < -0.39 is 0 Å². The molecule has 3 N–H and O–H groups in total. The smallest absolute Gasteiger partial charge is 0.252 e. The summed E-state index contributed by atoms with van der Waals surface area (Å²) in [6.45, 7) is 1.81. The van der Waals surface area contributed by atoms with Gasteiger partial charge in [-0.05, 0) is 25.3 Å². The molecule has 19 heavy (non-hydrogen) atoms. The van der Waals surface area contributed by atoms with Gasteiger partial charge in [0, 0.05) is 25.6 Å². The van der Waals surface area contributed by atoms with Gasteiger partial charge in [0.1, 0.15) is 0 Å². The Morgan fingerprint density at radius 1 is 1.47 bits per heavy atom. The maximum Gasteiger partial charge on any atom is 0.252 e. The number of nitrogens with two attached hydrogens (primary N) is 1. The van der Waals surface area contributed by atoms with E-state index in [0.717, 1.165) is 30.7 Å². The predicted molar refractivity (Wildman–Crippen MR) is 78.3 cm³/mol. The molecule has 0 fully saturated rings. The second-order valence-electron chi connectivity index (χ2n) is 4.01. The van der Waals surface area contributed by atoms with Gasteiger partial charge in [-0.1, -0.05) is 11.8 Å². The van der Waals surface area contributed by atoms with Crippen LogP contribution in [-0.2, 0) is 4.74 Å². The molecule has 0 aromatic carbocycles. The summed E-state index contributed by atoms with van der Waals surface area (Å²) >= 11 is 1.46.